The fourth-order valence-corrected chi connectivity index (χ4v) is 2.08. The lowest BCUT2D eigenvalue weighted by Crippen LogP contribution is -2.31. The van der Waals surface area contributed by atoms with Crippen LogP contribution in [0.4, 0.5) is 4.39 Å². The molecule has 2 atom stereocenters. The number of rotatable bonds is 2. The molecule has 0 amide bonds. The van der Waals surface area contributed by atoms with Crippen molar-refractivity contribution in [2.24, 2.45) is 5.73 Å². The van der Waals surface area contributed by atoms with Gasteiger partial charge >= 0.3 is 0 Å². The van der Waals surface area contributed by atoms with Crippen molar-refractivity contribution in [1.29, 1.82) is 0 Å². The molecule has 1 aromatic rings. The standard InChI is InChI=1S/C13H18FNO/c1-9-5-6-10(8-11(9)14)13(15)12-4-2-3-7-16-12/h5-6,8,12-13H,2-4,7,15H2,1H3. The van der Waals surface area contributed by atoms with E-state index in [1.54, 1.807) is 13.0 Å². The summed E-state index contributed by atoms with van der Waals surface area (Å²) in [6.45, 7) is 2.52. The van der Waals surface area contributed by atoms with E-state index in [-0.39, 0.29) is 18.0 Å². The fourth-order valence-electron chi connectivity index (χ4n) is 2.08. The van der Waals surface area contributed by atoms with E-state index < -0.39 is 0 Å². The van der Waals surface area contributed by atoms with Gasteiger partial charge in [0.1, 0.15) is 5.82 Å². The molecule has 2 N–H and O–H groups in total. The Morgan fingerprint density at radius 2 is 2.25 bits per heavy atom. The van der Waals surface area contributed by atoms with Crippen molar-refractivity contribution >= 4 is 0 Å². The molecule has 2 rings (SSSR count). The van der Waals surface area contributed by atoms with Crippen molar-refractivity contribution in [1.82, 2.24) is 0 Å². The highest BCUT2D eigenvalue weighted by atomic mass is 19.1. The van der Waals surface area contributed by atoms with Gasteiger partial charge in [-0.15, -0.1) is 0 Å². The van der Waals surface area contributed by atoms with Crippen LogP contribution >= 0.6 is 0 Å². The van der Waals surface area contributed by atoms with Crippen molar-refractivity contribution in [2.45, 2.75) is 38.3 Å². The zero-order valence-corrected chi connectivity index (χ0v) is 9.58. The van der Waals surface area contributed by atoms with Crippen molar-refractivity contribution in [3.8, 4) is 0 Å². The largest absolute Gasteiger partial charge is 0.376 e. The van der Waals surface area contributed by atoms with Crippen LogP contribution in [0, 0.1) is 12.7 Å². The average molecular weight is 223 g/mol. The minimum absolute atomic E-state index is 0.0378. The van der Waals surface area contributed by atoms with Gasteiger partial charge in [0, 0.05) is 6.61 Å². The van der Waals surface area contributed by atoms with Crippen LogP contribution in [0.15, 0.2) is 18.2 Å². The first kappa shape index (κ1) is 11.6. The number of ether oxygens (including phenoxy) is 1. The summed E-state index contributed by atoms with van der Waals surface area (Å²) in [7, 11) is 0. The molecule has 16 heavy (non-hydrogen) atoms. The quantitative estimate of drug-likeness (QED) is 0.836. The number of nitrogens with two attached hydrogens (primary N) is 1. The van der Waals surface area contributed by atoms with E-state index in [9.17, 15) is 4.39 Å². The molecule has 1 aromatic carbocycles. The number of benzene rings is 1. The summed E-state index contributed by atoms with van der Waals surface area (Å²) in [6, 6.07) is 4.97. The van der Waals surface area contributed by atoms with Gasteiger partial charge in [0.05, 0.1) is 12.1 Å². The van der Waals surface area contributed by atoms with Crippen LogP contribution in [0.25, 0.3) is 0 Å². The van der Waals surface area contributed by atoms with Gasteiger partial charge in [-0.3, -0.25) is 0 Å². The lowest BCUT2D eigenvalue weighted by atomic mass is 9.96. The number of aryl methyl sites for hydroxylation is 1. The Labute approximate surface area is 95.6 Å². The molecule has 2 unspecified atom stereocenters. The van der Waals surface area contributed by atoms with Crippen LogP contribution in [0.1, 0.15) is 36.4 Å². The smallest absolute Gasteiger partial charge is 0.126 e. The van der Waals surface area contributed by atoms with E-state index in [1.165, 1.54) is 6.07 Å². The zero-order chi connectivity index (χ0) is 11.5. The zero-order valence-electron chi connectivity index (χ0n) is 9.58. The molecule has 0 aliphatic carbocycles. The van der Waals surface area contributed by atoms with E-state index in [0.29, 0.717) is 5.56 Å². The molecule has 3 heteroatoms. The van der Waals surface area contributed by atoms with Crippen molar-refractivity contribution in [3.05, 3.63) is 35.1 Å². The summed E-state index contributed by atoms with van der Waals surface area (Å²) in [6.07, 6.45) is 3.25. The van der Waals surface area contributed by atoms with Crippen LogP contribution < -0.4 is 5.73 Å². The molecule has 0 radical (unpaired) electrons. The minimum Gasteiger partial charge on any atom is -0.376 e. The SMILES string of the molecule is Cc1ccc(C(N)C2CCCCO2)cc1F. The number of halogens is 1. The maximum atomic E-state index is 13.4. The summed E-state index contributed by atoms with van der Waals surface area (Å²) in [5.41, 5.74) is 7.58. The molecule has 88 valence electrons. The molecule has 1 aliphatic rings. The average Bonchev–Trinajstić information content (AvgIpc) is 2.33. The monoisotopic (exact) mass is 223 g/mol. The third kappa shape index (κ3) is 2.42. The Kier molecular flexibility index (Phi) is 3.56. The van der Waals surface area contributed by atoms with Gasteiger partial charge in [-0.05, 0) is 43.4 Å². The first-order valence-corrected chi connectivity index (χ1v) is 5.81. The molecule has 1 fully saturated rings. The summed E-state index contributed by atoms with van der Waals surface area (Å²) >= 11 is 0. The summed E-state index contributed by atoms with van der Waals surface area (Å²) < 4.78 is 19.0. The third-order valence-electron chi connectivity index (χ3n) is 3.20. The van der Waals surface area contributed by atoms with Gasteiger partial charge in [0.15, 0.2) is 0 Å². The van der Waals surface area contributed by atoms with Crippen molar-refractivity contribution in [2.75, 3.05) is 6.61 Å². The van der Waals surface area contributed by atoms with Gasteiger partial charge < -0.3 is 10.5 Å². The predicted molar refractivity (Wildman–Crippen MR) is 61.7 cm³/mol. The van der Waals surface area contributed by atoms with Crippen molar-refractivity contribution < 1.29 is 9.13 Å². The molecular formula is C13H18FNO. The number of hydrogen-bond acceptors (Lipinski definition) is 2. The third-order valence-corrected chi connectivity index (χ3v) is 3.20. The first-order chi connectivity index (χ1) is 7.68. The van der Waals surface area contributed by atoms with E-state index >= 15 is 0 Å². The summed E-state index contributed by atoms with van der Waals surface area (Å²) in [5, 5.41) is 0. The highest BCUT2D eigenvalue weighted by molar-refractivity contribution is 5.26. The Balaban J connectivity index is 2.12. The molecular weight excluding hydrogens is 205 g/mol. The number of hydrogen-bond donors (Lipinski definition) is 1. The highest BCUT2D eigenvalue weighted by Crippen LogP contribution is 2.25. The van der Waals surface area contributed by atoms with E-state index in [2.05, 4.69) is 0 Å². The van der Waals surface area contributed by atoms with Gasteiger partial charge in [-0.25, -0.2) is 4.39 Å². The lowest BCUT2D eigenvalue weighted by Gasteiger charge is -2.28. The Hall–Kier alpha value is -0.930. The molecule has 0 aromatic heterocycles. The van der Waals surface area contributed by atoms with Crippen LogP contribution in [-0.2, 0) is 4.74 Å². The van der Waals surface area contributed by atoms with Gasteiger partial charge in [0.25, 0.3) is 0 Å². The second-order valence-electron chi connectivity index (χ2n) is 4.44. The van der Waals surface area contributed by atoms with Gasteiger partial charge in [0.2, 0.25) is 0 Å². The van der Waals surface area contributed by atoms with Crippen molar-refractivity contribution in [3.63, 3.8) is 0 Å². The second kappa shape index (κ2) is 4.93. The second-order valence-corrected chi connectivity index (χ2v) is 4.44. The normalized spacial score (nSPS) is 23.1. The minimum atomic E-state index is -0.213. The van der Waals surface area contributed by atoms with Gasteiger partial charge in [-0.1, -0.05) is 12.1 Å². The molecule has 1 saturated heterocycles. The van der Waals surface area contributed by atoms with Gasteiger partial charge in [-0.2, -0.15) is 0 Å². The maximum Gasteiger partial charge on any atom is 0.126 e. The van der Waals surface area contributed by atoms with Crippen LogP contribution in [0.5, 0.6) is 0 Å². The molecule has 0 spiro atoms. The molecule has 1 aliphatic heterocycles. The van der Waals surface area contributed by atoms with Crippen LogP contribution in [0.2, 0.25) is 0 Å². The topological polar surface area (TPSA) is 35.2 Å². The van der Waals surface area contributed by atoms with E-state index in [1.807, 2.05) is 6.07 Å². The Morgan fingerprint density at radius 1 is 1.44 bits per heavy atom. The molecule has 0 bridgehead atoms. The highest BCUT2D eigenvalue weighted by Gasteiger charge is 2.23. The Morgan fingerprint density at radius 3 is 2.88 bits per heavy atom. The fraction of sp³-hybridized carbons (Fsp3) is 0.538. The first-order valence-electron chi connectivity index (χ1n) is 5.81. The maximum absolute atomic E-state index is 13.4. The van der Waals surface area contributed by atoms with Crippen LogP contribution in [-0.4, -0.2) is 12.7 Å². The summed E-state index contributed by atoms with van der Waals surface area (Å²) in [5.74, 6) is -0.191. The van der Waals surface area contributed by atoms with E-state index in [4.69, 9.17) is 10.5 Å². The summed E-state index contributed by atoms with van der Waals surface area (Å²) in [4.78, 5) is 0. The molecule has 1 heterocycles. The van der Waals surface area contributed by atoms with Crippen LogP contribution in [0.3, 0.4) is 0 Å². The Bertz CT molecular complexity index is 361. The molecule has 0 saturated carbocycles. The predicted octanol–water partition coefficient (Wildman–Crippen LogP) is 2.70. The molecule has 2 nitrogen and oxygen atoms in total. The lowest BCUT2D eigenvalue weighted by molar-refractivity contribution is -0.0000334. The van der Waals surface area contributed by atoms with E-state index in [0.717, 1.165) is 31.4 Å².